The molecule has 1 heterocycles. The summed E-state index contributed by atoms with van der Waals surface area (Å²) in [5.41, 5.74) is 4.94. The number of methoxy groups -OCH3 is 1. The SMILES string of the molecule is CCOCc1cc(-c2ccc3oc(NC4CCCCC4)nc3c2)ccc1OC. The number of hydrogen-bond acceptors (Lipinski definition) is 5. The van der Waals surface area contributed by atoms with E-state index in [0.29, 0.717) is 25.3 Å². The lowest BCUT2D eigenvalue weighted by Gasteiger charge is -2.21. The van der Waals surface area contributed by atoms with Crippen molar-refractivity contribution in [3.8, 4) is 16.9 Å². The third-order valence-electron chi connectivity index (χ3n) is 5.40. The highest BCUT2D eigenvalue weighted by molar-refractivity contribution is 5.81. The van der Waals surface area contributed by atoms with Crippen LogP contribution in [0.1, 0.15) is 44.6 Å². The first-order valence-corrected chi connectivity index (χ1v) is 10.2. The van der Waals surface area contributed by atoms with E-state index in [9.17, 15) is 0 Å². The van der Waals surface area contributed by atoms with Crippen LogP contribution in [0.2, 0.25) is 0 Å². The van der Waals surface area contributed by atoms with E-state index in [-0.39, 0.29) is 0 Å². The molecule has 2 aromatic carbocycles. The maximum atomic E-state index is 5.91. The van der Waals surface area contributed by atoms with Crippen molar-refractivity contribution in [2.45, 2.75) is 51.7 Å². The molecule has 0 aliphatic heterocycles. The summed E-state index contributed by atoms with van der Waals surface area (Å²) < 4.78 is 17.0. The monoisotopic (exact) mass is 380 g/mol. The van der Waals surface area contributed by atoms with Crippen molar-refractivity contribution in [2.24, 2.45) is 0 Å². The number of oxazole rings is 1. The molecule has 1 fully saturated rings. The van der Waals surface area contributed by atoms with Crippen LogP contribution in [-0.2, 0) is 11.3 Å². The molecule has 1 aliphatic carbocycles. The van der Waals surface area contributed by atoms with Gasteiger partial charge in [0.15, 0.2) is 5.58 Å². The van der Waals surface area contributed by atoms with Gasteiger partial charge >= 0.3 is 0 Å². The van der Waals surface area contributed by atoms with Crippen molar-refractivity contribution in [3.63, 3.8) is 0 Å². The highest BCUT2D eigenvalue weighted by atomic mass is 16.5. The Hall–Kier alpha value is -2.53. The fourth-order valence-electron chi connectivity index (χ4n) is 3.87. The molecule has 1 aliphatic rings. The molecule has 1 saturated carbocycles. The smallest absolute Gasteiger partial charge is 0.295 e. The van der Waals surface area contributed by atoms with Crippen LogP contribution in [0.5, 0.6) is 5.75 Å². The quantitative estimate of drug-likeness (QED) is 0.563. The molecule has 0 saturated heterocycles. The Balaban J connectivity index is 1.58. The fraction of sp³-hybridized carbons (Fsp3) is 0.435. The lowest BCUT2D eigenvalue weighted by Crippen LogP contribution is -2.22. The molecule has 4 rings (SSSR count). The second kappa shape index (κ2) is 8.65. The van der Waals surface area contributed by atoms with E-state index in [1.165, 1.54) is 32.1 Å². The molecular weight excluding hydrogens is 352 g/mol. The minimum absolute atomic E-state index is 0.476. The summed E-state index contributed by atoms with van der Waals surface area (Å²) >= 11 is 0. The maximum absolute atomic E-state index is 5.91. The van der Waals surface area contributed by atoms with Gasteiger partial charge in [0.2, 0.25) is 0 Å². The number of nitrogens with zero attached hydrogens (tertiary/aromatic N) is 1. The summed E-state index contributed by atoms with van der Waals surface area (Å²) in [5.74, 6) is 0.846. The zero-order valence-corrected chi connectivity index (χ0v) is 16.7. The number of hydrogen-bond donors (Lipinski definition) is 1. The standard InChI is InChI=1S/C23H28N2O3/c1-3-27-15-18-13-16(9-11-21(18)26-2)17-10-12-22-20(14-17)25-23(28-22)24-19-7-5-4-6-8-19/h9-14,19H,3-8,15H2,1-2H3,(H,24,25). The van der Waals surface area contributed by atoms with E-state index in [1.807, 2.05) is 19.1 Å². The van der Waals surface area contributed by atoms with Crippen LogP contribution in [0.25, 0.3) is 22.2 Å². The molecule has 5 nitrogen and oxygen atoms in total. The van der Waals surface area contributed by atoms with Gasteiger partial charge in [-0.3, -0.25) is 0 Å². The van der Waals surface area contributed by atoms with E-state index in [1.54, 1.807) is 7.11 Å². The Bertz CT molecular complexity index is 929. The maximum Gasteiger partial charge on any atom is 0.295 e. The van der Waals surface area contributed by atoms with Crippen LogP contribution >= 0.6 is 0 Å². The van der Waals surface area contributed by atoms with Gasteiger partial charge in [0.05, 0.1) is 13.7 Å². The first kappa shape index (κ1) is 18.8. The number of anilines is 1. The Morgan fingerprint density at radius 3 is 2.64 bits per heavy atom. The van der Waals surface area contributed by atoms with Gasteiger partial charge in [-0.1, -0.05) is 31.4 Å². The van der Waals surface area contributed by atoms with Gasteiger partial charge in [-0.05, 0) is 55.2 Å². The molecule has 5 heteroatoms. The van der Waals surface area contributed by atoms with Crippen LogP contribution in [0, 0.1) is 0 Å². The molecule has 148 valence electrons. The van der Waals surface area contributed by atoms with Gasteiger partial charge in [-0.15, -0.1) is 0 Å². The van der Waals surface area contributed by atoms with Crippen LogP contribution in [-0.4, -0.2) is 24.7 Å². The fourth-order valence-corrected chi connectivity index (χ4v) is 3.87. The molecule has 0 amide bonds. The molecule has 3 aromatic rings. The first-order valence-electron chi connectivity index (χ1n) is 10.2. The summed E-state index contributed by atoms with van der Waals surface area (Å²) in [7, 11) is 1.69. The highest BCUT2D eigenvalue weighted by Crippen LogP contribution is 2.31. The molecule has 0 atom stereocenters. The molecule has 1 aromatic heterocycles. The summed E-state index contributed by atoms with van der Waals surface area (Å²) in [4.78, 5) is 4.67. The number of ether oxygens (including phenoxy) is 2. The molecule has 0 spiro atoms. The van der Waals surface area contributed by atoms with Gasteiger partial charge in [0.1, 0.15) is 11.3 Å². The summed E-state index contributed by atoms with van der Waals surface area (Å²) in [6.45, 7) is 3.21. The number of fused-ring (bicyclic) bond motifs is 1. The Morgan fingerprint density at radius 2 is 1.86 bits per heavy atom. The van der Waals surface area contributed by atoms with Gasteiger partial charge in [-0.2, -0.15) is 4.98 Å². The molecule has 0 bridgehead atoms. The van der Waals surface area contributed by atoms with Gasteiger partial charge in [-0.25, -0.2) is 0 Å². The average molecular weight is 380 g/mol. The zero-order valence-electron chi connectivity index (χ0n) is 16.7. The van der Waals surface area contributed by atoms with Crippen LogP contribution < -0.4 is 10.1 Å². The lowest BCUT2D eigenvalue weighted by atomic mass is 9.96. The summed E-state index contributed by atoms with van der Waals surface area (Å²) in [6, 6.07) is 13.4. The molecule has 28 heavy (non-hydrogen) atoms. The predicted molar refractivity (Wildman–Crippen MR) is 112 cm³/mol. The topological polar surface area (TPSA) is 56.5 Å². The molecular formula is C23H28N2O3. The second-order valence-corrected chi connectivity index (χ2v) is 7.34. The van der Waals surface area contributed by atoms with E-state index < -0.39 is 0 Å². The van der Waals surface area contributed by atoms with Crippen molar-refractivity contribution >= 4 is 17.1 Å². The lowest BCUT2D eigenvalue weighted by molar-refractivity contribution is 0.132. The minimum Gasteiger partial charge on any atom is -0.496 e. The van der Waals surface area contributed by atoms with E-state index in [0.717, 1.165) is 33.5 Å². The van der Waals surface area contributed by atoms with Crippen molar-refractivity contribution in [3.05, 3.63) is 42.0 Å². The molecule has 0 unspecified atom stereocenters. The van der Waals surface area contributed by atoms with Gasteiger partial charge in [0.25, 0.3) is 6.01 Å². The number of rotatable bonds is 7. The van der Waals surface area contributed by atoms with Crippen molar-refractivity contribution in [1.82, 2.24) is 4.98 Å². The third kappa shape index (κ3) is 4.14. The largest absolute Gasteiger partial charge is 0.496 e. The normalized spacial score (nSPS) is 15.1. The molecule has 0 radical (unpaired) electrons. The van der Waals surface area contributed by atoms with E-state index >= 15 is 0 Å². The molecule has 1 N–H and O–H groups in total. The predicted octanol–water partition coefficient (Wildman–Crippen LogP) is 5.78. The average Bonchev–Trinajstić information content (AvgIpc) is 3.14. The number of aromatic nitrogens is 1. The first-order chi connectivity index (χ1) is 13.8. The Kier molecular flexibility index (Phi) is 5.81. The Labute approximate surface area is 166 Å². The minimum atomic E-state index is 0.476. The zero-order chi connectivity index (χ0) is 19.3. The highest BCUT2D eigenvalue weighted by Gasteiger charge is 2.16. The van der Waals surface area contributed by atoms with E-state index in [4.69, 9.17) is 13.9 Å². The Morgan fingerprint density at radius 1 is 1.07 bits per heavy atom. The van der Waals surface area contributed by atoms with Crippen LogP contribution in [0.15, 0.2) is 40.8 Å². The number of nitrogens with one attached hydrogen (secondary N) is 1. The van der Waals surface area contributed by atoms with E-state index in [2.05, 4.69) is 34.6 Å². The summed E-state index contributed by atoms with van der Waals surface area (Å²) in [5, 5.41) is 3.47. The van der Waals surface area contributed by atoms with Gasteiger partial charge < -0.3 is 19.2 Å². The van der Waals surface area contributed by atoms with Crippen LogP contribution in [0.4, 0.5) is 6.01 Å². The second-order valence-electron chi connectivity index (χ2n) is 7.34. The number of benzene rings is 2. The van der Waals surface area contributed by atoms with Crippen molar-refractivity contribution < 1.29 is 13.9 Å². The van der Waals surface area contributed by atoms with Crippen LogP contribution in [0.3, 0.4) is 0 Å². The summed E-state index contributed by atoms with van der Waals surface area (Å²) in [6.07, 6.45) is 6.28. The van der Waals surface area contributed by atoms with Gasteiger partial charge in [0, 0.05) is 18.2 Å². The third-order valence-corrected chi connectivity index (χ3v) is 5.40. The van der Waals surface area contributed by atoms with Crippen molar-refractivity contribution in [2.75, 3.05) is 19.0 Å². The van der Waals surface area contributed by atoms with Crippen molar-refractivity contribution in [1.29, 1.82) is 0 Å².